The lowest BCUT2D eigenvalue weighted by Crippen LogP contribution is -2.24. The van der Waals surface area contributed by atoms with Crippen LogP contribution in [0.4, 0.5) is 4.39 Å². The molecule has 1 fully saturated rings. The highest BCUT2D eigenvalue weighted by molar-refractivity contribution is 5.22. The van der Waals surface area contributed by atoms with E-state index in [1.807, 2.05) is 0 Å². The highest BCUT2D eigenvalue weighted by atomic mass is 19.1. The molecule has 0 amide bonds. The number of benzene rings is 1. The fraction of sp³-hybridized carbons (Fsp3) is 0.571. The average molecular weight is 237 g/mol. The van der Waals surface area contributed by atoms with Gasteiger partial charge in [0, 0.05) is 0 Å². The lowest BCUT2D eigenvalue weighted by Gasteiger charge is -2.23. The molecule has 1 aromatic carbocycles. The Balaban J connectivity index is 1.90. The summed E-state index contributed by atoms with van der Waals surface area (Å²) in [7, 11) is 0. The second-order valence-corrected chi connectivity index (χ2v) is 4.72. The van der Waals surface area contributed by atoms with Crippen LogP contribution in [0.3, 0.4) is 0 Å². The van der Waals surface area contributed by atoms with Crippen LogP contribution in [0.15, 0.2) is 24.3 Å². The third kappa shape index (κ3) is 3.70. The zero-order valence-electron chi connectivity index (χ0n) is 10.3. The number of nitrogens with one attached hydrogen (secondary N) is 1. The van der Waals surface area contributed by atoms with Crippen LogP contribution in [0, 0.1) is 11.7 Å². The van der Waals surface area contributed by atoms with Crippen LogP contribution in [-0.4, -0.2) is 19.2 Å². The Kier molecular flexibility index (Phi) is 4.37. The molecule has 1 N–H and O–H groups in total. The first-order valence-electron chi connectivity index (χ1n) is 6.38. The van der Waals surface area contributed by atoms with Crippen molar-refractivity contribution in [2.24, 2.45) is 5.92 Å². The fourth-order valence-electron chi connectivity index (χ4n) is 2.34. The number of hydrogen-bond acceptors (Lipinski definition) is 2. The van der Waals surface area contributed by atoms with Crippen LogP contribution in [0.25, 0.3) is 0 Å². The van der Waals surface area contributed by atoms with Crippen molar-refractivity contribution in [1.29, 1.82) is 0 Å². The summed E-state index contributed by atoms with van der Waals surface area (Å²) in [5, 5.41) is 3.40. The SMILES string of the molecule is CC(Oc1ccc(F)cc1)C1CCCNCC1. The molecule has 1 saturated heterocycles. The smallest absolute Gasteiger partial charge is 0.123 e. The van der Waals surface area contributed by atoms with E-state index in [-0.39, 0.29) is 11.9 Å². The summed E-state index contributed by atoms with van der Waals surface area (Å²) in [6.45, 7) is 4.29. The van der Waals surface area contributed by atoms with Crippen molar-refractivity contribution in [3.05, 3.63) is 30.1 Å². The van der Waals surface area contributed by atoms with Gasteiger partial charge in [-0.1, -0.05) is 0 Å². The van der Waals surface area contributed by atoms with Crippen LogP contribution in [0.5, 0.6) is 5.75 Å². The molecule has 94 valence electrons. The molecule has 0 bridgehead atoms. The first kappa shape index (κ1) is 12.4. The van der Waals surface area contributed by atoms with Crippen LogP contribution < -0.4 is 10.1 Å². The number of hydrogen-bond donors (Lipinski definition) is 1. The predicted octanol–water partition coefficient (Wildman–Crippen LogP) is 2.98. The Hall–Kier alpha value is -1.09. The van der Waals surface area contributed by atoms with Gasteiger partial charge in [0.15, 0.2) is 0 Å². The zero-order chi connectivity index (χ0) is 12.1. The number of halogens is 1. The molecule has 2 atom stereocenters. The molecule has 0 saturated carbocycles. The van der Waals surface area contributed by atoms with Crippen molar-refractivity contribution in [2.45, 2.75) is 32.3 Å². The van der Waals surface area contributed by atoms with Crippen molar-refractivity contribution >= 4 is 0 Å². The van der Waals surface area contributed by atoms with E-state index in [1.165, 1.54) is 25.0 Å². The molecular weight excluding hydrogens is 217 g/mol. The monoisotopic (exact) mass is 237 g/mol. The van der Waals surface area contributed by atoms with Crippen molar-refractivity contribution < 1.29 is 9.13 Å². The topological polar surface area (TPSA) is 21.3 Å². The molecule has 0 radical (unpaired) electrons. The summed E-state index contributed by atoms with van der Waals surface area (Å²) >= 11 is 0. The molecular formula is C14H20FNO. The maximum atomic E-state index is 12.8. The Morgan fingerprint density at radius 3 is 2.76 bits per heavy atom. The van der Waals surface area contributed by atoms with E-state index in [1.54, 1.807) is 12.1 Å². The summed E-state index contributed by atoms with van der Waals surface area (Å²) in [4.78, 5) is 0. The van der Waals surface area contributed by atoms with Crippen molar-refractivity contribution in [2.75, 3.05) is 13.1 Å². The lowest BCUT2D eigenvalue weighted by molar-refractivity contribution is 0.142. The van der Waals surface area contributed by atoms with Crippen LogP contribution >= 0.6 is 0 Å². The lowest BCUT2D eigenvalue weighted by atomic mass is 9.95. The molecule has 1 aromatic rings. The number of ether oxygens (including phenoxy) is 1. The maximum absolute atomic E-state index is 12.8. The maximum Gasteiger partial charge on any atom is 0.123 e. The Morgan fingerprint density at radius 2 is 2.00 bits per heavy atom. The minimum atomic E-state index is -0.219. The third-order valence-electron chi connectivity index (χ3n) is 3.42. The van der Waals surface area contributed by atoms with Gasteiger partial charge >= 0.3 is 0 Å². The van der Waals surface area contributed by atoms with Gasteiger partial charge < -0.3 is 10.1 Å². The van der Waals surface area contributed by atoms with Crippen molar-refractivity contribution in [1.82, 2.24) is 5.32 Å². The molecule has 0 aliphatic carbocycles. The molecule has 2 unspecified atom stereocenters. The molecule has 1 heterocycles. The van der Waals surface area contributed by atoms with E-state index in [4.69, 9.17) is 4.74 Å². The largest absolute Gasteiger partial charge is 0.490 e. The molecule has 1 aliphatic heterocycles. The standard InChI is InChI=1S/C14H20FNO/c1-11(12-3-2-9-16-10-8-12)17-14-6-4-13(15)5-7-14/h4-7,11-12,16H,2-3,8-10H2,1H3. The highest BCUT2D eigenvalue weighted by Crippen LogP contribution is 2.22. The minimum absolute atomic E-state index is 0.195. The van der Waals surface area contributed by atoms with Crippen LogP contribution in [0.1, 0.15) is 26.2 Å². The Labute approximate surface area is 102 Å². The van der Waals surface area contributed by atoms with Crippen LogP contribution in [-0.2, 0) is 0 Å². The quantitative estimate of drug-likeness (QED) is 0.872. The summed E-state index contributed by atoms with van der Waals surface area (Å²) in [5.41, 5.74) is 0. The molecule has 2 nitrogen and oxygen atoms in total. The van der Waals surface area contributed by atoms with E-state index >= 15 is 0 Å². The first-order valence-corrected chi connectivity index (χ1v) is 6.38. The van der Waals surface area contributed by atoms with Crippen LogP contribution in [0.2, 0.25) is 0 Å². The van der Waals surface area contributed by atoms with E-state index in [0.29, 0.717) is 5.92 Å². The highest BCUT2D eigenvalue weighted by Gasteiger charge is 2.20. The second kappa shape index (κ2) is 6.01. The van der Waals surface area contributed by atoms with Gasteiger partial charge in [0.2, 0.25) is 0 Å². The summed E-state index contributed by atoms with van der Waals surface area (Å²) in [6, 6.07) is 6.27. The van der Waals surface area contributed by atoms with Gasteiger partial charge in [0.25, 0.3) is 0 Å². The molecule has 0 aromatic heterocycles. The van der Waals surface area contributed by atoms with Gasteiger partial charge in [-0.3, -0.25) is 0 Å². The summed E-state index contributed by atoms with van der Waals surface area (Å²) in [6.07, 6.45) is 3.76. The van der Waals surface area contributed by atoms with Gasteiger partial charge in [-0.25, -0.2) is 4.39 Å². The molecule has 3 heteroatoms. The predicted molar refractivity (Wildman–Crippen MR) is 66.7 cm³/mol. The molecule has 2 rings (SSSR count). The Morgan fingerprint density at radius 1 is 1.24 bits per heavy atom. The fourth-order valence-corrected chi connectivity index (χ4v) is 2.34. The third-order valence-corrected chi connectivity index (χ3v) is 3.42. The first-order chi connectivity index (χ1) is 8.25. The minimum Gasteiger partial charge on any atom is -0.490 e. The molecule has 17 heavy (non-hydrogen) atoms. The van der Waals surface area contributed by atoms with Gasteiger partial charge in [0.1, 0.15) is 11.6 Å². The Bertz CT molecular complexity index is 331. The van der Waals surface area contributed by atoms with E-state index in [9.17, 15) is 4.39 Å². The average Bonchev–Trinajstić information content (AvgIpc) is 2.61. The summed E-state index contributed by atoms with van der Waals surface area (Å²) in [5.74, 6) is 1.13. The van der Waals surface area contributed by atoms with Gasteiger partial charge in [-0.2, -0.15) is 0 Å². The normalized spacial score (nSPS) is 22.8. The van der Waals surface area contributed by atoms with E-state index in [2.05, 4.69) is 12.2 Å². The van der Waals surface area contributed by atoms with Gasteiger partial charge in [0.05, 0.1) is 6.10 Å². The summed E-state index contributed by atoms with van der Waals surface area (Å²) < 4.78 is 18.6. The van der Waals surface area contributed by atoms with E-state index < -0.39 is 0 Å². The van der Waals surface area contributed by atoms with Gasteiger partial charge in [-0.15, -0.1) is 0 Å². The second-order valence-electron chi connectivity index (χ2n) is 4.72. The molecule has 1 aliphatic rings. The van der Waals surface area contributed by atoms with Gasteiger partial charge in [-0.05, 0) is 69.5 Å². The number of rotatable bonds is 3. The molecule has 0 spiro atoms. The van der Waals surface area contributed by atoms with Crippen molar-refractivity contribution in [3.63, 3.8) is 0 Å². The van der Waals surface area contributed by atoms with E-state index in [0.717, 1.165) is 25.3 Å². The zero-order valence-corrected chi connectivity index (χ0v) is 10.3. The van der Waals surface area contributed by atoms with Crippen molar-refractivity contribution in [3.8, 4) is 5.75 Å².